The minimum atomic E-state index is 0.0657. The van der Waals surface area contributed by atoms with Gasteiger partial charge in [0, 0.05) is 20.6 Å². The Labute approximate surface area is 142 Å². The summed E-state index contributed by atoms with van der Waals surface area (Å²) in [6, 6.07) is 11.4. The highest BCUT2D eigenvalue weighted by molar-refractivity contribution is 9.10. The van der Waals surface area contributed by atoms with E-state index in [0.29, 0.717) is 21.5 Å². The third-order valence-corrected chi connectivity index (χ3v) is 5.05. The maximum Gasteiger partial charge on any atom is 0.0595 e. The first-order valence-electron chi connectivity index (χ1n) is 6.08. The lowest BCUT2D eigenvalue weighted by molar-refractivity contribution is 0.592. The third kappa shape index (κ3) is 3.69. The molecule has 0 saturated carbocycles. The highest BCUT2D eigenvalue weighted by atomic mass is 79.9. The molecule has 0 spiro atoms. The molecule has 0 aliphatic heterocycles. The average molecular weight is 394 g/mol. The highest BCUT2D eigenvalue weighted by Crippen LogP contribution is 2.33. The molecule has 2 aromatic carbocycles. The van der Waals surface area contributed by atoms with Crippen LogP contribution in [0.4, 0.5) is 0 Å². The fourth-order valence-corrected chi connectivity index (χ4v) is 3.11. The van der Waals surface area contributed by atoms with Crippen molar-refractivity contribution in [3.8, 4) is 0 Å². The summed E-state index contributed by atoms with van der Waals surface area (Å²) < 4.78 is 0.883. The summed E-state index contributed by atoms with van der Waals surface area (Å²) in [5.74, 6) is 0. The number of hydrogen-bond acceptors (Lipinski definition) is 1. The molecule has 106 valence electrons. The van der Waals surface area contributed by atoms with E-state index in [1.54, 1.807) is 6.07 Å². The van der Waals surface area contributed by atoms with E-state index in [2.05, 4.69) is 21.2 Å². The Morgan fingerprint density at radius 1 is 1.15 bits per heavy atom. The smallest absolute Gasteiger partial charge is 0.0595 e. The van der Waals surface area contributed by atoms with Crippen LogP contribution < -0.4 is 5.32 Å². The lowest BCUT2D eigenvalue weighted by Gasteiger charge is -2.19. The van der Waals surface area contributed by atoms with Gasteiger partial charge in [-0.15, -0.1) is 0 Å². The summed E-state index contributed by atoms with van der Waals surface area (Å²) in [6.07, 6.45) is 0.714. The van der Waals surface area contributed by atoms with Gasteiger partial charge >= 0.3 is 0 Å². The Balaban J connectivity index is 2.34. The van der Waals surface area contributed by atoms with Gasteiger partial charge in [0.1, 0.15) is 0 Å². The summed E-state index contributed by atoms with van der Waals surface area (Å²) >= 11 is 22.1. The van der Waals surface area contributed by atoms with Crippen LogP contribution in [0.3, 0.4) is 0 Å². The molecule has 0 bridgehead atoms. The zero-order chi connectivity index (χ0) is 14.7. The van der Waals surface area contributed by atoms with Crippen molar-refractivity contribution in [2.45, 2.75) is 12.5 Å². The lowest BCUT2D eigenvalue weighted by Crippen LogP contribution is -2.19. The number of hydrogen-bond donors (Lipinski definition) is 1. The molecule has 0 aliphatic rings. The van der Waals surface area contributed by atoms with E-state index in [0.717, 1.165) is 15.6 Å². The number of rotatable bonds is 4. The predicted octanol–water partition coefficient (Wildman–Crippen LogP) is 5.91. The van der Waals surface area contributed by atoms with Gasteiger partial charge in [0.15, 0.2) is 0 Å². The highest BCUT2D eigenvalue weighted by Gasteiger charge is 2.16. The molecule has 5 heteroatoms. The molecule has 0 aliphatic carbocycles. The Kier molecular flexibility index (Phi) is 5.76. The van der Waals surface area contributed by atoms with E-state index in [4.69, 9.17) is 34.8 Å². The van der Waals surface area contributed by atoms with Gasteiger partial charge in [0.25, 0.3) is 0 Å². The summed E-state index contributed by atoms with van der Waals surface area (Å²) in [5.41, 5.74) is 2.02. The van der Waals surface area contributed by atoms with E-state index >= 15 is 0 Å². The number of benzene rings is 2. The van der Waals surface area contributed by atoms with Crippen LogP contribution in [-0.2, 0) is 6.42 Å². The molecule has 0 fully saturated rings. The van der Waals surface area contributed by atoms with Crippen LogP contribution in [0.5, 0.6) is 0 Å². The first kappa shape index (κ1) is 16.1. The SMILES string of the molecule is CNC(Cc1cc(Cl)ccc1Cl)c1cccc(Br)c1Cl. The maximum atomic E-state index is 6.36. The van der Waals surface area contributed by atoms with Crippen LogP contribution >= 0.6 is 50.7 Å². The van der Waals surface area contributed by atoms with E-state index in [1.807, 2.05) is 37.4 Å². The Morgan fingerprint density at radius 2 is 1.90 bits per heavy atom. The van der Waals surface area contributed by atoms with Crippen LogP contribution in [-0.4, -0.2) is 7.05 Å². The molecule has 1 nitrogen and oxygen atoms in total. The number of halogens is 4. The summed E-state index contributed by atoms with van der Waals surface area (Å²) in [5, 5.41) is 5.38. The summed E-state index contributed by atoms with van der Waals surface area (Å²) in [4.78, 5) is 0. The van der Waals surface area contributed by atoms with Crippen molar-refractivity contribution in [3.05, 3.63) is 67.1 Å². The van der Waals surface area contributed by atoms with E-state index in [9.17, 15) is 0 Å². The van der Waals surface area contributed by atoms with Crippen LogP contribution in [0.1, 0.15) is 17.2 Å². The molecule has 1 unspecified atom stereocenters. The largest absolute Gasteiger partial charge is 0.313 e. The molecule has 20 heavy (non-hydrogen) atoms. The molecular formula is C15H13BrCl3N. The molecular weight excluding hydrogens is 380 g/mol. The molecule has 1 atom stereocenters. The third-order valence-electron chi connectivity index (χ3n) is 3.14. The van der Waals surface area contributed by atoms with Crippen LogP contribution in [0.15, 0.2) is 40.9 Å². The molecule has 0 amide bonds. The molecule has 0 heterocycles. The first-order chi connectivity index (χ1) is 9.52. The second kappa shape index (κ2) is 7.15. The Morgan fingerprint density at radius 3 is 2.60 bits per heavy atom. The predicted molar refractivity (Wildman–Crippen MR) is 91.1 cm³/mol. The first-order valence-corrected chi connectivity index (χ1v) is 8.00. The standard InChI is InChI=1S/C15H13BrCl3N/c1-20-14(11-3-2-4-12(16)15(11)19)8-9-7-10(17)5-6-13(9)18/h2-7,14,20H,8H2,1H3. The van der Waals surface area contributed by atoms with Crippen LogP contribution in [0.25, 0.3) is 0 Å². The minimum absolute atomic E-state index is 0.0657. The van der Waals surface area contributed by atoms with Gasteiger partial charge < -0.3 is 5.32 Å². The zero-order valence-corrected chi connectivity index (χ0v) is 14.6. The van der Waals surface area contributed by atoms with Crippen molar-refractivity contribution in [2.75, 3.05) is 7.05 Å². The quantitative estimate of drug-likeness (QED) is 0.681. The molecule has 0 saturated heterocycles. The molecule has 0 aromatic heterocycles. The van der Waals surface area contributed by atoms with Crippen molar-refractivity contribution in [1.82, 2.24) is 5.32 Å². The van der Waals surface area contributed by atoms with Crippen LogP contribution in [0, 0.1) is 0 Å². The van der Waals surface area contributed by atoms with E-state index in [1.165, 1.54) is 0 Å². The second-order valence-corrected chi connectivity index (χ2v) is 6.50. The van der Waals surface area contributed by atoms with Gasteiger partial charge in [0.05, 0.1) is 5.02 Å². The van der Waals surface area contributed by atoms with Crippen molar-refractivity contribution in [1.29, 1.82) is 0 Å². The summed E-state index contributed by atoms with van der Waals surface area (Å²) in [6.45, 7) is 0. The Bertz CT molecular complexity index is 616. The summed E-state index contributed by atoms with van der Waals surface area (Å²) in [7, 11) is 1.90. The lowest BCUT2D eigenvalue weighted by atomic mass is 9.99. The zero-order valence-electron chi connectivity index (χ0n) is 10.8. The fourth-order valence-electron chi connectivity index (χ4n) is 2.08. The van der Waals surface area contributed by atoms with Crippen molar-refractivity contribution in [2.24, 2.45) is 0 Å². The van der Waals surface area contributed by atoms with Gasteiger partial charge in [-0.05, 0) is 64.8 Å². The minimum Gasteiger partial charge on any atom is -0.313 e. The fraction of sp³-hybridized carbons (Fsp3) is 0.200. The van der Waals surface area contributed by atoms with Gasteiger partial charge in [-0.2, -0.15) is 0 Å². The molecule has 2 aromatic rings. The van der Waals surface area contributed by atoms with Crippen molar-refractivity contribution < 1.29 is 0 Å². The van der Waals surface area contributed by atoms with Gasteiger partial charge in [-0.1, -0.05) is 46.9 Å². The maximum absolute atomic E-state index is 6.36. The topological polar surface area (TPSA) is 12.0 Å². The van der Waals surface area contributed by atoms with Gasteiger partial charge in [-0.25, -0.2) is 0 Å². The number of likely N-dealkylation sites (N-methyl/N-ethyl adjacent to an activating group) is 1. The van der Waals surface area contributed by atoms with Gasteiger partial charge in [0.2, 0.25) is 0 Å². The van der Waals surface area contributed by atoms with Crippen molar-refractivity contribution >= 4 is 50.7 Å². The Hall–Kier alpha value is -0.250. The van der Waals surface area contributed by atoms with Gasteiger partial charge in [-0.3, -0.25) is 0 Å². The molecule has 2 rings (SSSR count). The normalized spacial score (nSPS) is 12.4. The van der Waals surface area contributed by atoms with E-state index < -0.39 is 0 Å². The number of nitrogens with one attached hydrogen (secondary N) is 1. The van der Waals surface area contributed by atoms with Crippen molar-refractivity contribution in [3.63, 3.8) is 0 Å². The molecule has 1 N–H and O–H groups in total. The van der Waals surface area contributed by atoms with Crippen LogP contribution in [0.2, 0.25) is 15.1 Å². The average Bonchev–Trinajstić information content (AvgIpc) is 2.43. The second-order valence-electron chi connectivity index (χ2n) is 4.42. The molecule has 0 radical (unpaired) electrons. The monoisotopic (exact) mass is 391 g/mol. The van der Waals surface area contributed by atoms with E-state index in [-0.39, 0.29) is 6.04 Å².